The monoisotopic (exact) mass is 446 g/mol. The van der Waals surface area contributed by atoms with Crippen LogP contribution < -0.4 is 10.1 Å². The molecule has 0 radical (unpaired) electrons. The van der Waals surface area contributed by atoms with Crippen molar-refractivity contribution in [1.82, 2.24) is 20.0 Å². The zero-order valence-electron chi connectivity index (χ0n) is 18.8. The van der Waals surface area contributed by atoms with E-state index in [1.54, 1.807) is 7.11 Å². The van der Waals surface area contributed by atoms with Gasteiger partial charge in [0.2, 0.25) is 0 Å². The van der Waals surface area contributed by atoms with E-state index < -0.39 is 9.84 Å². The van der Waals surface area contributed by atoms with Crippen LogP contribution in [0.25, 0.3) is 0 Å². The van der Waals surface area contributed by atoms with Gasteiger partial charge in [-0.1, -0.05) is 12.1 Å². The minimum Gasteiger partial charge on any atom is -0.497 e. The van der Waals surface area contributed by atoms with Crippen molar-refractivity contribution in [3.05, 3.63) is 46.8 Å². The molecule has 31 heavy (non-hydrogen) atoms. The number of aryl methyl sites for hydroxylation is 1. The molecule has 3 heterocycles. The minimum absolute atomic E-state index is 0.0356. The SMILES string of the molecule is COc1cccc([C@H](CNCc2c(C)nn([C@@H]3CCS(=O)(=O)C3)c2C)N2CCCC2)c1. The number of hydrogen-bond acceptors (Lipinski definition) is 6. The van der Waals surface area contributed by atoms with Crippen LogP contribution in [0.3, 0.4) is 0 Å². The topological polar surface area (TPSA) is 76.5 Å². The van der Waals surface area contributed by atoms with E-state index in [2.05, 4.69) is 35.3 Å². The van der Waals surface area contributed by atoms with Gasteiger partial charge in [0.25, 0.3) is 0 Å². The first-order chi connectivity index (χ1) is 14.9. The summed E-state index contributed by atoms with van der Waals surface area (Å²) in [4.78, 5) is 2.55. The van der Waals surface area contributed by atoms with Crippen molar-refractivity contribution in [1.29, 1.82) is 0 Å². The van der Waals surface area contributed by atoms with Gasteiger partial charge in [-0.2, -0.15) is 5.10 Å². The Labute approximate surface area is 185 Å². The minimum atomic E-state index is -2.93. The second-order valence-electron chi connectivity index (χ2n) is 8.82. The van der Waals surface area contributed by atoms with Crippen molar-refractivity contribution in [2.45, 2.75) is 51.7 Å². The zero-order chi connectivity index (χ0) is 22.0. The van der Waals surface area contributed by atoms with Gasteiger partial charge in [0, 0.05) is 30.4 Å². The first-order valence-electron chi connectivity index (χ1n) is 11.2. The second kappa shape index (κ2) is 9.30. The molecule has 1 aromatic heterocycles. The summed E-state index contributed by atoms with van der Waals surface area (Å²) in [6.45, 7) is 7.89. The first kappa shape index (κ1) is 22.3. The van der Waals surface area contributed by atoms with Crippen LogP contribution in [0.5, 0.6) is 5.75 Å². The summed E-state index contributed by atoms with van der Waals surface area (Å²) in [5.74, 6) is 1.36. The maximum Gasteiger partial charge on any atom is 0.152 e. The lowest BCUT2D eigenvalue weighted by Gasteiger charge is -2.28. The fraction of sp³-hybridized carbons (Fsp3) is 0.609. The lowest BCUT2D eigenvalue weighted by Crippen LogP contribution is -2.34. The predicted molar refractivity (Wildman–Crippen MR) is 122 cm³/mol. The van der Waals surface area contributed by atoms with Crippen LogP contribution in [0.15, 0.2) is 24.3 Å². The molecule has 0 amide bonds. The highest BCUT2D eigenvalue weighted by Crippen LogP contribution is 2.29. The molecule has 0 bridgehead atoms. The Kier molecular flexibility index (Phi) is 6.69. The summed E-state index contributed by atoms with van der Waals surface area (Å²) >= 11 is 0. The van der Waals surface area contributed by atoms with Crippen LogP contribution in [-0.4, -0.2) is 61.3 Å². The molecule has 8 heteroatoms. The standard InChI is InChI=1S/C23H34N4O3S/c1-17-22(18(2)27(25-17)20-9-12-31(28,29)16-20)14-24-15-23(26-10-4-5-11-26)19-7-6-8-21(13-19)30-3/h6-8,13,20,23-24H,4-5,9-12,14-16H2,1-3H3/t20-,23+/m1/s1. The van der Waals surface area contributed by atoms with Gasteiger partial charge in [-0.25, -0.2) is 8.42 Å². The number of sulfone groups is 1. The average molecular weight is 447 g/mol. The van der Waals surface area contributed by atoms with E-state index in [-0.39, 0.29) is 17.5 Å². The Hall–Kier alpha value is -1.90. The normalized spacial score (nSPS) is 22.1. The molecule has 2 aliphatic rings. The lowest BCUT2D eigenvalue weighted by molar-refractivity contribution is 0.237. The molecule has 0 saturated carbocycles. The molecule has 170 valence electrons. The van der Waals surface area contributed by atoms with Crippen LogP contribution in [0, 0.1) is 13.8 Å². The average Bonchev–Trinajstić information content (AvgIpc) is 3.46. The highest BCUT2D eigenvalue weighted by atomic mass is 32.2. The summed E-state index contributed by atoms with van der Waals surface area (Å²) in [5, 5.41) is 8.36. The maximum atomic E-state index is 11.9. The lowest BCUT2D eigenvalue weighted by atomic mass is 10.0. The van der Waals surface area contributed by atoms with Gasteiger partial charge >= 0.3 is 0 Å². The number of aromatic nitrogens is 2. The zero-order valence-corrected chi connectivity index (χ0v) is 19.6. The van der Waals surface area contributed by atoms with Crippen LogP contribution in [-0.2, 0) is 16.4 Å². The fourth-order valence-electron chi connectivity index (χ4n) is 4.97. The van der Waals surface area contributed by atoms with Gasteiger partial charge < -0.3 is 10.1 Å². The fourth-order valence-corrected chi connectivity index (χ4v) is 6.66. The number of rotatable bonds is 8. The number of nitrogens with zero attached hydrogens (tertiary/aromatic N) is 3. The van der Waals surface area contributed by atoms with Crippen molar-refractivity contribution in [2.75, 3.05) is 38.2 Å². The Morgan fingerprint density at radius 1 is 1.26 bits per heavy atom. The van der Waals surface area contributed by atoms with Gasteiger partial charge in [0.05, 0.1) is 30.4 Å². The molecule has 2 atom stereocenters. The third-order valence-corrected chi connectivity index (χ3v) is 8.48. The van der Waals surface area contributed by atoms with Crippen molar-refractivity contribution in [3.63, 3.8) is 0 Å². The number of benzene rings is 1. The predicted octanol–water partition coefficient (Wildman–Crippen LogP) is 2.79. The van der Waals surface area contributed by atoms with Gasteiger partial charge in [0.1, 0.15) is 5.75 Å². The van der Waals surface area contributed by atoms with Crippen molar-refractivity contribution >= 4 is 9.84 Å². The van der Waals surface area contributed by atoms with E-state index >= 15 is 0 Å². The molecule has 1 N–H and O–H groups in total. The Bertz CT molecular complexity index is 1010. The highest BCUT2D eigenvalue weighted by Gasteiger charge is 2.31. The second-order valence-corrected chi connectivity index (χ2v) is 11.0. The van der Waals surface area contributed by atoms with Gasteiger partial charge in [0.15, 0.2) is 9.84 Å². The number of ether oxygens (including phenoxy) is 1. The molecule has 0 spiro atoms. The van der Waals surface area contributed by atoms with E-state index in [1.165, 1.54) is 24.0 Å². The van der Waals surface area contributed by atoms with Crippen molar-refractivity contribution in [2.24, 2.45) is 0 Å². The molecule has 1 aromatic carbocycles. The van der Waals surface area contributed by atoms with E-state index in [4.69, 9.17) is 9.84 Å². The summed E-state index contributed by atoms with van der Waals surface area (Å²) in [7, 11) is -1.22. The quantitative estimate of drug-likeness (QED) is 0.672. The highest BCUT2D eigenvalue weighted by molar-refractivity contribution is 7.91. The van der Waals surface area contributed by atoms with Crippen LogP contribution >= 0.6 is 0 Å². The van der Waals surface area contributed by atoms with Crippen LogP contribution in [0.2, 0.25) is 0 Å². The summed E-state index contributed by atoms with van der Waals surface area (Å²) in [5.41, 5.74) is 4.50. The van der Waals surface area contributed by atoms with Crippen LogP contribution in [0.4, 0.5) is 0 Å². The molecule has 7 nitrogen and oxygen atoms in total. The first-order valence-corrected chi connectivity index (χ1v) is 13.0. The molecule has 2 aliphatic heterocycles. The van der Waals surface area contributed by atoms with Gasteiger partial charge in [-0.3, -0.25) is 9.58 Å². The summed E-state index contributed by atoms with van der Waals surface area (Å²) < 4.78 is 31.2. The number of hydrogen-bond donors (Lipinski definition) is 1. The molecule has 0 unspecified atom stereocenters. The summed E-state index contributed by atoms with van der Waals surface area (Å²) in [6, 6.07) is 8.63. The molecular weight excluding hydrogens is 412 g/mol. The molecule has 2 fully saturated rings. The smallest absolute Gasteiger partial charge is 0.152 e. The third-order valence-electron chi connectivity index (χ3n) is 6.73. The Morgan fingerprint density at radius 2 is 2.03 bits per heavy atom. The molecule has 2 aromatic rings. The number of methoxy groups -OCH3 is 1. The third kappa shape index (κ3) is 4.96. The van der Waals surface area contributed by atoms with Gasteiger partial charge in [-0.05, 0) is 63.9 Å². The van der Waals surface area contributed by atoms with Gasteiger partial charge in [-0.15, -0.1) is 0 Å². The van der Waals surface area contributed by atoms with E-state index in [9.17, 15) is 8.42 Å². The molecule has 0 aliphatic carbocycles. The van der Waals surface area contributed by atoms with Crippen molar-refractivity contribution < 1.29 is 13.2 Å². The molecule has 4 rings (SSSR count). The number of nitrogens with one attached hydrogen (secondary N) is 1. The maximum absolute atomic E-state index is 11.9. The van der Waals surface area contributed by atoms with E-state index in [0.29, 0.717) is 12.5 Å². The Morgan fingerprint density at radius 3 is 2.71 bits per heavy atom. The van der Waals surface area contributed by atoms with E-state index in [1.807, 2.05) is 17.7 Å². The largest absolute Gasteiger partial charge is 0.497 e. The molecule has 2 saturated heterocycles. The van der Waals surface area contributed by atoms with E-state index in [0.717, 1.165) is 43.3 Å². The molecular formula is C23H34N4O3S. The summed E-state index contributed by atoms with van der Waals surface area (Å²) in [6.07, 6.45) is 3.15. The van der Waals surface area contributed by atoms with Crippen molar-refractivity contribution in [3.8, 4) is 5.75 Å². The Balaban J connectivity index is 1.46. The number of likely N-dealkylation sites (tertiary alicyclic amines) is 1. The van der Waals surface area contributed by atoms with Crippen LogP contribution in [0.1, 0.15) is 53.9 Å².